The second-order valence-corrected chi connectivity index (χ2v) is 6.51. The summed E-state index contributed by atoms with van der Waals surface area (Å²) in [6, 6.07) is 0.814. The Morgan fingerprint density at radius 3 is 2.40 bits per heavy atom. The van der Waals surface area contributed by atoms with E-state index in [1.54, 1.807) is 0 Å². The molecule has 0 aromatic rings. The van der Waals surface area contributed by atoms with Crippen molar-refractivity contribution in [2.45, 2.75) is 65.3 Å². The van der Waals surface area contributed by atoms with Crippen LogP contribution in [0.4, 0.5) is 0 Å². The molecular formula is C14H27N. The maximum Gasteiger partial charge on any atom is 0.00700 e. The zero-order valence-corrected chi connectivity index (χ0v) is 10.7. The third-order valence-corrected chi connectivity index (χ3v) is 4.98. The molecule has 1 nitrogen and oxygen atoms in total. The second-order valence-electron chi connectivity index (χ2n) is 6.51. The van der Waals surface area contributed by atoms with Crippen molar-refractivity contribution in [2.24, 2.45) is 17.3 Å². The molecule has 3 atom stereocenters. The van der Waals surface area contributed by atoms with Crippen molar-refractivity contribution in [3.63, 3.8) is 0 Å². The highest BCUT2D eigenvalue weighted by Gasteiger charge is 2.33. The first-order chi connectivity index (χ1) is 7.09. The normalized spacial score (nSPS) is 39.8. The summed E-state index contributed by atoms with van der Waals surface area (Å²) >= 11 is 0. The van der Waals surface area contributed by atoms with E-state index in [1.807, 2.05) is 0 Å². The Balaban J connectivity index is 1.71. The highest BCUT2D eigenvalue weighted by molar-refractivity contribution is 4.88. The summed E-state index contributed by atoms with van der Waals surface area (Å²) < 4.78 is 0. The average molecular weight is 209 g/mol. The first kappa shape index (κ1) is 11.4. The molecule has 0 aliphatic heterocycles. The largest absolute Gasteiger partial charge is 0.313 e. The molecule has 1 N–H and O–H groups in total. The SMILES string of the molecule is CC1CCC(NCC2(C)CCC2)CC1C. The molecule has 0 heterocycles. The summed E-state index contributed by atoms with van der Waals surface area (Å²) in [7, 11) is 0. The Hall–Kier alpha value is -0.0400. The van der Waals surface area contributed by atoms with Crippen molar-refractivity contribution in [2.75, 3.05) is 6.54 Å². The highest BCUT2D eigenvalue weighted by Crippen LogP contribution is 2.40. The summed E-state index contributed by atoms with van der Waals surface area (Å²) in [5.74, 6) is 1.87. The van der Waals surface area contributed by atoms with Gasteiger partial charge in [-0.05, 0) is 49.4 Å². The minimum Gasteiger partial charge on any atom is -0.313 e. The molecule has 0 amide bonds. The smallest absolute Gasteiger partial charge is 0.00700 e. The van der Waals surface area contributed by atoms with E-state index in [2.05, 4.69) is 26.1 Å². The summed E-state index contributed by atoms with van der Waals surface area (Å²) in [6.07, 6.45) is 8.57. The molecule has 0 saturated heterocycles. The van der Waals surface area contributed by atoms with Crippen molar-refractivity contribution < 1.29 is 0 Å². The highest BCUT2D eigenvalue weighted by atomic mass is 14.9. The molecule has 0 spiro atoms. The number of nitrogens with one attached hydrogen (secondary N) is 1. The summed E-state index contributed by atoms with van der Waals surface area (Å²) in [4.78, 5) is 0. The van der Waals surface area contributed by atoms with Crippen LogP contribution in [0.1, 0.15) is 59.3 Å². The predicted molar refractivity (Wildman–Crippen MR) is 65.9 cm³/mol. The summed E-state index contributed by atoms with van der Waals surface area (Å²) in [5, 5.41) is 3.82. The van der Waals surface area contributed by atoms with Crippen LogP contribution in [0, 0.1) is 17.3 Å². The molecule has 2 saturated carbocycles. The van der Waals surface area contributed by atoms with Crippen molar-refractivity contribution in [1.82, 2.24) is 5.32 Å². The zero-order valence-electron chi connectivity index (χ0n) is 10.7. The van der Waals surface area contributed by atoms with Gasteiger partial charge in [0, 0.05) is 12.6 Å². The van der Waals surface area contributed by atoms with E-state index in [9.17, 15) is 0 Å². The van der Waals surface area contributed by atoms with Crippen LogP contribution in [0.5, 0.6) is 0 Å². The van der Waals surface area contributed by atoms with Crippen LogP contribution in [-0.4, -0.2) is 12.6 Å². The van der Waals surface area contributed by atoms with Crippen molar-refractivity contribution in [1.29, 1.82) is 0 Å². The minimum absolute atomic E-state index is 0.645. The Morgan fingerprint density at radius 2 is 1.87 bits per heavy atom. The van der Waals surface area contributed by atoms with Crippen molar-refractivity contribution in [3.8, 4) is 0 Å². The van der Waals surface area contributed by atoms with Crippen molar-refractivity contribution >= 4 is 0 Å². The molecule has 2 rings (SSSR count). The third-order valence-electron chi connectivity index (χ3n) is 4.98. The van der Waals surface area contributed by atoms with Gasteiger partial charge in [0.2, 0.25) is 0 Å². The first-order valence-corrected chi connectivity index (χ1v) is 6.82. The van der Waals surface area contributed by atoms with Crippen LogP contribution in [-0.2, 0) is 0 Å². The van der Waals surface area contributed by atoms with Crippen LogP contribution < -0.4 is 5.32 Å². The van der Waals surface area contributed by atoms with Crippen LogP contribution in [0.3, 0.4) is 0 Å². The Labute approximate surface area is 95.0 Å². The van der Waals surface area contributed by atoms with E-state index in [0.29, 0.717) is 5.41 Å². The monoisotopic (exact) mass is 209 g/mol. The molecule has 2 fully saturated rings. The first-order valence-electron chi connectivity index (χ1n) is 6.82. The quantitative estimate of drug-likeness (QED) is 0.749. The number of hydrogen-bond acceptors (Lipinski definition) is 1. The van der Waals surface area contributed by atoms with Crippen LogP contribution in [0.15, 0.2) is 0 Å². The maximum absolute atomic E-state index is 3.82. The molecule has 1 heteroatoms. The molecule has 0 aromatic carbocycles. The van der Waals surface area contributed by atoms with Crippen molar-refractivity contribution in [3.05, 3.63) is 0 Å². The zero-order chi connectivity index (χ0) is 10.9. The van der Waals surface area contributed by atoms with E-state index >= 15 is 0 Å². The van der Waals surface area contributed by atoms with E-state index < -0.39 is 0 Å². The lowest BCUT2D eigenvalue weighted by Gasteiger charge is -2.41. The fraction of sp³-hybridized carbons (Fsp3) is 1.00. The van der Waals surface area contributed by atoms with Gasteiger partial charge in [0.05, 0.1) is 0 Å². The predicted octanol–water partition coefficient (Wildman–Crippen LogP) is 3.59. The average Bonchev–Trinajstić information content (AvgIpc) is 2.17. The van der Waals surface area contributed by atoms with E-state index in [4.69, 9.17) is 0 Å². The molecule has 0 aromatic heterocycles. The lowest BCUT2D eigenvalue weighted by Crippen LogP contribution is -2.44. The Bertz CT molecular complexity index is 207. The van der Waals surface area contributed by atoms with E-state index in [1.165, 1.54) is 45.1 Å². The molecule has 0 radical (unpaired) electrons. The standard InChI is InChI=1S/C14H27N/c1-11-5-6-13(9-12(11)2)15-10-14(3)7-4-8-14/h11-13,15H,4-10H2,1-3H3. The van der Waals surface area contributed by atoms with Gasteiger partial charge in [-0.3, -0.25) is 0 Å². The van der Waals surface area contributed by atoms with Gasteiger partial charge in [-0.2, -0.15) is 0 Å². The molecule has 3 unspecified atom stereocenters. The fourth-order valence-electron chi connectivity index (χ4n) is 3.08. The van der Waals surface area contributed by atoms with Gasteiger partial charge in [-0.25, -0.2) is 0 Å². The Morgan fingerprint density at radius 1 is 1.13 bits per heavy atom. The molecule has 0 bridgehead atoms. The van der Waals surface area contributed by atoms with Crippen LogP contribution in [0.2, 0.25) is 0 Å². The maximum atomic E-state index is 3.82. The van der Waals surface area contributed by atoms with Gasteiger partial charge in [-0.1, -0.05) is 27.2 Å². The summed E-state index contributed by atoms with van der Waals surface area (Å²) in [5.41, 5.74) is 0.645. The van der Waals surface area contributed by atoms with Gasteiger partial charge in [0.1, 0.15) is 0 Å². The molecular weight excluding hydrogens is 182 g/mol. The van der Waals surface area contributed by atoms with E-state index in [0.717, 1.165) is 17.9 Å². The lowest BCUT2D eigenvalue weighted by molar-refractivity contribution is 0.135. The number of hydrogen-bond donors (Lipinski definition) is 1. The van der Waals surface area contributed by atoms with Gasteiger partial charge in [0.25, 0.3) is 0 Å². The van der Waals surface area contributed by atoms with E-state index in [-0.39, 0.29) is 0 Å². The molecule has 15 heavy (non-hydrogen) atoms. The Kier molecular flexibility index (Phi) is 3.39. The number of rotatable bonds is 3. The van der Waals surface area contributed by atoms with Crippen LogP contribution in [0.25, 0.3) is 0 Å². The lowest BCUT2D eigenvalue weighted by atomic mass is 9.70. The van der Waals surface area contributed by atoms with Gasteiger partial charge in [-0.15, -0.1) is 0 Å². The topological polar surface area (TPSA) is 12.0 Å². The minimum atomic E-state index is 0.645. The second kappa shape index (κ2) is 4.45. The molecule has 2 aliphatic carbocycles. The third kappa shape index (κ3) is 2.75. The van der Waals surface area contributed by atoms with Crippen LogP contribution >= 0.6 is 0 Å². The van der Waals surface area contributed by atoms with Gasteiger partial charge < -0.3 is 5.32 Å². The van der Waals surface area contributed by atoms with Gasteiger partial charge >= 0.3 is 0 Å². The molecule has 2 aliphatic rings. The summed E-state index contributed by atoms with van der Waals surface area (Å²) in [6.45, 7) is 8.54. The fourth-order valence-corrected chi connectivity index (χ4v) is 3.08. The van der Waals surface area contributed by atoms with Gasteiger partial charge in [0.15, 0.2) is 0 Å². The molecule has 88 valence electrons.